The molecule has 0 aromatic heterocycles. The van der Waals surface area contributed by atoms with E-state index in [1.54, 1.807) is 0 Å². The van der Waals surface area contributed by atoms with Crippen molar-refractivity contribution < 1.29 is 0 Å². The van der Waals surface area contributed by atoms with Gasteiger partial charge in [0, 0.05) is 12.6 Å². The maximum atomic E-state index is 6.21. The summed E-state index contributed by atoms with van der Waals surface area (Å²) in [6.45, 7) is 11.8. The lowest BCUT2D eigenvalue weighted by Gasteiger charge is -2.32. The molecule has 0 bridgehead atoms. The summed E-state index contributed by atoms with van der Waals surface area (Å²) in [7, 11) is 0. The van der Waals surface area contributed by atoms with Gasteiger partial charge in [0.2, 0.25) is 0 Å². The highest BCUT2D eigenvalue weighted by molar-refractivity contribution is 5.78. The molecule has 100 valence electrons. The normalized spacial score (nSPS) is 19.1. The molecule has 0 aromatic carbocycles. The molecule has 3 heteroatoms. The van der Waals surface area contributed by atoms with Crippen LogP contribution in [0.3, 0.4) is 0 Å². The lowest BCUT2D eigenvalue weighted by Crippen LogP contribution is -2.46. The molecule has 17 heavy (non-hydrogen) atoms. The molecule has 0 amide bonds. The lowest BCUT2D eigenvalue weighted by atomic mass is 10.1. The topological polar surface area (TPSA) is 41.6 Å². The third-order valence-electron chi connectivity index (χ3n) is 3.07. The molecule has 1 aliphatic carbocycles. The third kappa shape index (κ3) is 4.97. The van der Waals surface area contributed by atoms with Crippen LogP contribution in [0.4, 0.5) is 0 Å². The van der Waals surface area contributed by atoms with Crippen LogP contribution in [-0.2, 0) is 0 Å². The Morgan fingerprint density at radius 2 is 1.82 bits per heavy atom. The molecule has 0 aromatic rings. The molecular formula is C14H29N3. The largest absolute Gasteiger partial charge is 0.370 e. The highest BCUT2D eigenvalue weighted by Gasteiger charge is 2.25. The van der Waals surface area contributed by atoms with Crippen molar-refractivity contribution in [2.75, 3.05) is 6.54 Å². The zero-order valence-electron chi connectivity index (χ0n) is 12.2. The van der Waals surface area contributed by atoms with Crippen LogP contribution >= 0.6 is 0 Å². The lowest BCUT2D eigenvalue weighted by molar-refractivity contribution is 0.277. The number of nitrogens with zero attached hydrogens (tertiary/aromatic N) is 2. The Bertz CT molecular complexity index is 257. The molecule has 0 atom stereocenters. The molecule has 1 aliphatic rings. The Morgan fingerprint density at radius 1 is 1.29 bits per heavy atom. The Morgan fingerprint density at radius 3 is 2.24 bits per heavy atom. The fourth-order valence-corrected chi connectivity index (χ4v) is 2.45. The summed E-state index contributed by atoms with van der Waals surface area (Å²) < 4.78 is 0. The van der Waals surface area contributed by atoms with Crippen LogP contribution in [0.5, 0.6) is 0 Å². The summed E-state index contributed by atoms with van der Waals surface area (Å²) in [6.07, 6.45) is 5.21. The second-order valence-corrected chi connectivity index (χ2v) is 6.63. The summed E-state index contributed by atoms with van der Waals surface area (Å²) in [5.74, 6) is 1.36. The van der Waals surface area contributed by atoms with E-state index >= 15 is 0 Å². The minimum Gasteiger partial charge on any atom is -0.370 e. The first-order chi connectivity index (χ1) is 7.79. The monoisotopic (exact) mass is 239 g/mol. The number of nitrogens with two attached hydrogens (primary N) is 1. The van der Waals surface area contributed by atoms with E-state index in [1.165, 1.54) is 25.7 Å². The summed E-state index contributed by atoms with van der Waals surface area (Å²) in [5, 5.41) is 0. The molecule has 0 heterocycles. The first kappa shape index (κ1) is 14.3. The Labute approximate surface area is 106 Å². The summed E-state index contributed by atoms with van der Waals surface area (Å²) in [5.41, 5.74) is 6.12. The van der Waals surface area contributed by atoms with Gasteiger partial charge in [-0.2, -0.15) is 0 Å². The maximum Gasteiger partial charge on any atom is 0.192 e. The average Bonchev–Trinajstić information content (AvgIpc) is 2.63. The number of hydrogen-bond acceptors (Lipinski definition) is 1. The van der Waals surface area contributed by atoms with Gasteiger partial charge in [-0.15, -0.1) is 0 Å². The first-order valence-electron chi connectivity index (χ1n) is 6.91. The van der Waals surface area contributed by atoms with E-state index in [1.807, 2.05) is 0 Å². The molecular weight excluding hydrogens is 210 g/mol. The smallest absolute Gasteiger partial charge is 0.192 e. The quantitative estimate of drug-likeness (QED) is 0.607. The second-order valence-electron chi connectivity index (χ2n) is 6.63. The molecule has 1 rings (SSSR count). The predicted molar refractivity (Wildman–Crippen MR) is 75.2 cm³/mol. The van der Waals surface area contributed by atoms with Crippen LogP contribution < -0.4 is 5.73 Å². The van der Waals surface area contributed by atoms with E-state index in [-0.39, 0.29) is 5.54 Å². The highest BCUT2D eigenvalue weighted by Crippen LogP contribution is 2.24. The van der Waals surface area contributed by atoms with Gasteiger partial charge >= 0.3 is 0 Å². The molecule has 2 N–H and O–H groups in total. The Hall–Kier alpha value is -0.730. The van der Waals surface area contributed by atoms with Crippen LogP contribution in [0.25, 0.3) is 0 Å². The molecule has 0 radical (unpaired) electrons. The van der Waals surface area contributed by atoms with Crippen molar-refractivity contribution in [3.05, 3.63) is 0 Å². The third-order valence-corrected chi connectivity index (χ3v) is 3.07. The van der Waals surface area contributed by atoms with Gasteiger partial charge in [0.05, 0.1) is 5.54 Å². The van der Waals surface area contributed by atoms with Gasteiger partial charge in [0.25, 0.3) is 0 Å². The Kier molecular flexibility index (Phi) is 4.84. The highest BCUT2D eigenvalue weighted by atomic mass is 15.3. The van der Waals surface area contributed by atoms with E-state index in [9.17, 15) is 0 Å². The van der Waals surface area contributed by atoms with Crippen LogP contribution in [0.15, 0.2) is 4.99 Å². The molecule has 0 saturated heterocycles. The van der Waals surface area contributed by atoms with Crippen molar-refractivity contribution in [2.24, 2.45) is 16.6 Å². The van der Waals surface area contributed by atoms with Crippen molar-refractivity contribution in [3.63, 3.8) is 0 Å². The molecule has 0 aliphatic heterocycles. The van der Waals surface area contributed by atoms with Gasteiger partial charge in [-0.3, -0.25) is 0 Å². The number of guanidine groups is 1. The van der Waals surface area contributed by atoms with Crippen LogP contribution in [0, 0.1) is 5.92 Å². The van der Waals surface area contributed by atoms with Crippen LogP contribution in [-0.4, -0.2) is 29.0 Å². The molecule has 1 fully saturated rings. The molecule has 1 saturated carbocycles. The predicted octanol–water partition coefficient (Wildman–Crippen LogP) is 3.00. The van der Waals surface area contributed by atoms with Crippen molar-refractivity contribution in [2.45, 2.75) is 71.9 Å². The SMILES string of the molecule is CC(C)CN(C(N)=NC(C)(C)C)C1CCCC1. The average molecular weight is 239 g/mol. The van der Waals surface area contributed by atoms with Crippen molar-refractivity contribution in [1.29, 1.82) is 0 Å². The van der Waals surface area contributed by atoms with Crippen molar-refractivity contribution >= 4 is 5.96 Å². The number of hydrogen-bond donors (Lipinski definition) is 1. The fraction of sp³-hybridized carbons (Fsp3) is 0.929. The zero-order chi connectivity index (χ0) is 13.1. The van der Waals surface area contributed by atoms with E-state index < -0.39 is 0 Å². The van der Waals surface area contributed by atoms with Gasteiger partial charge in [-0.05, 0) is 39.5 Å². The summed E-state index contributed by atoms with van der Waals surface area (Å²) in [4.78, 5) is 6.96. The van der Waals surface area contributed by atoms with Crippen LogP contribution in [0.2, 0.25) is 0 Å². The number of aliphatic imine (C=N–C) groups is 1. The van der Waals surface area contributed by atoms with E-state index in [2.05, 4.69) is 44.5 Å². The first-order valence-corrected chi connectivity index (χ1v) is 6.91. The van der Waals surface area contributed by atoms with Gasteiger partial charge in [0.15, 0.2) is 5.96 Å². The Balaban J connectivity index is 2.78. The van der Waals surface area contributed by atoms with Crippen molar-refractivity contribution in [3.8, 4) is 0 Å². The maximum absolute atomic E-state index is 6.21. The van der Waals surface area contributed by atoms with Crippen molar-refractivity contribution in [1.82, 2.24) is 4.90 Å². The van der Waals surface area contributed by atoms with Gasteiger partial charge in [0.1, 0.15) is 0 Å². The van der Waals surface area contributed by atoms with Crippen LogP contribution in [0.1, 0.15) is 60.3 Å². The molecule has 0 spiro atoms. The van der Waals surface area contributed by atoms with E-state index in [4.69, 9.17) is 5.73 Å². The second kappa shape index (κ2) is 5.74. The van der Waals surface area contributed by atoms with E-state index in [0.717, 1.165) is 12.5 Å². The standard InChI is InChI=1S/C14H29N3/c1-11(2)10-17(12-8-6-7-9-12)13(15)16-14(3,4)5/h11-12H,6-10H2,1-5H3,(H2,15,16). The zero-order valence-corrected chi connectivity index (χ0v) is 12.2. The number of rotatable bonds is 3. The van der Waals surface area contributed by atoms with Gasteiger partial charge < -0.3 is 10.6 Å². The molecule has 3 nitrogen and oxygen atoms in total. The summed E-state index contributed by atoms with van der Waals surface area (Å²) >= 11 is 0. The fourth-order valence-electron chi connectivity index (χ4n) is 2.45. The molecule has 0 unspecified atom stereocenters. The van der Waals surface area contributed by atoms with Gasteiger partial charge in [-0.1, -0.05) is 26.7 Å². The minimum atomic E-state index is -0.0854. The van der Waals surface area contributed by atoms with E-state index in [0.29, 0.717) is 12.0 Å². The van der Waals surface area contributed by atoms with Gasteiger partial charge in [-0.25, -0.2) is 4.99 Å². The minimum absolute atomic E-state index is 0.0854. The summed E-state index contributed by atoms with van der Waals surface area (Å²) in [6, 6.07) is 0.614.